The van der Waals surface area contributed by atoms with Crippen LogP contribution in [-0.4, -0.2) is 11.7 Å². The lowest BCUT2D eigenvalue weighted by Crippen LogP contribution is -1.89. The minimum absolute atomic E-state index is 0.108. The lowest BCUT2D eigenvalue weighted by atomic mass is 10.2. The zero-order chi connectivity index (χ0) is 8.27. The van der Waals surface area contributed by atoms with Gasteiger partial charge in [0, 0.05) is 12.7 Å². The highest BCUT2D eigenvalue weighted by molar-refractivity contribution is 6.34. The van der Waals surface area contributed by atoms with Crippen LogP contribution >= 0.6 is 23.2 Å². The van der Waals surface area contributed by atoms with Crippen molar-refractivity contribution in [3.05, 3.63) is 33.8 Å². The van der Waals surface area contributed by atoms with E-state index < -0.39 is 0 Å². The predicted molar refractivity (Wildman–Crippen MR) is 46.1 cm³/mol. The first-order chi connectivity index (χ1) is 5.22. The van der Waals surface area contributed by atoms with Crippen LogP contribution in [0.25, 0.3) is 0 Å². The molecule has 11 heavy (non-hydrogen) atoms. The van der Waals surface area contributed by atoms with Crippen LogP contribution in [0.1, 0.15) is 5.56 Å². The van der Waals surface area contributed by atoms with E-state index in [1.807, 2.05) is 0 Å². The second-order valence-corrected chi connectivity index (χ2v) is 2.97. The summed E-state index contributed by atoms with van der Waals surface area (Å²) in [6.45, 7) is 0.108. The maximum atomic E-state index is 8.61. The molecule has 0 aromatic heterocycles. The van der Waals surface area contributed by atoms with E-state index in [0.717, 1.165) is 5.56 Å². The zero-order valence-electron chi connectivity index (χ0n) is 5.77. The van der Waals surface area contributed by atoms with Crippen molar-refractivity contribution in [1.82, 2.24) is 0 Å². The minimum atomic E-state index is 0.108. The van der Waals surface area contributed by atoms with E-state index in [0.29, 0.717) is 16.5 Å². The first kappa shape index (κ1) is 8.85. The summed E-state index contributed by atoms with van der Waals surface area (Å²) in [6, 6.07) is 6.20. The Morgan fingerprint density at radius 1 is 1.27 bits per heavy atom. The number of aliphatic hydroxyl groups is 1. The van der Waals surface area contributed by atoms with Gasteiger partial charge < -0.3 is 5.11 Å². The van der Waals surface area contributed by atoms with Crippen molar-refractivity contribution in [3.8, 4) is 0 Å². The van der Waals surface area contributed by atoms with Gasteiger partial charge in [0.2, 0.25) is 0 Å². The van der Waals surface area contributed by atoms with Crippen LogP contribution in [0.3, 0.4) is 0 Å². The van der Waals surface area contributed by atoms with Crippen LogP contribution in [0.15, 0.2) is 12.1 Å². The molecule has 0 aliphatic rings. The van der Waals surface area contributed by atoms with Crippen LogP contribution in [0.2, 0.25) is 10.0 Å². The monoisotopic (exact) mass is 189 g/mol. The molecule has 1 nitrogen and oxygen atoms in total. The number of halogens is 2. The van der Waals surface area contributed by atoms with E-state index in [1.165, 1.54) is 0 Å². The normalized spacial score (nSPS) is 10.1. The van der Waals surface area contributed by atoms with Gasteiger partial charge >= 0.3 is 0 Å². The molecule has 1 N–H and O–H groups in total. The molecule has 0 unspecified atom stereocenters. The first-order valence-corrected chi connectivity index (χ1v) is 3.96. The van der Waals surface area contributed by atoms with Crippen LogP contribution < -0.4 is 0 Å². The Kier molecular flexibility index (Phi) is 3.18. The number of aliphatic hydroxyl groups excluding tert-OH is 1. The van der Waals surface area contributed by atoms with Crippen molar-refractivity contribution >= 4 is 23.2 Å². The van der Waals surface area contributed by atoms with Crippen molar-refractivity contribution < 1.29 is 5.11 Å². The first-order valence-electron chi connectivity index (χ1n) is 3.20. The summed E-state index contributed by atoms with van der Waals surface area (Å²) in [5.74, 6) is 0. The smallest absolute Gasteiger partial charge is 0.0503 e. The number of hydrogen-bond acceptors (Lipinski definition) is 1. The molecular formula is C8H7Cl2O. The van der Waals surface area contributed by atoms with Crippen LogP contribution in [0.5, 0.6) is 0 Å². The van der Waals surface area contributed by atoms with Crippen LogP contribution in [0, 0.1) is 6.07 Å². The molecule has 0 fully saturated rings. The van der Waals surface area contributed by atoms with Gasteiger partial charge in [-0.15, -0.1) is 0 Å². The fraction of sp³-hybridized carbons (Fsp3) is 0.250. The predicted octanol–water partition coefficient (Wildman–Crippen LogP) is 2.33. The summed E-state index contributed by atoms with van der Waals surface area (Å²) in [4.78, 5) is 0. The second-order valence-electron chi connectivity index (χ2n) is 2.16. The van der Waals surface area contributed by atoms with Crippen LogP contribution in [0.4, 0.5) is 0 Å². The summed E-state index contributed by atoms with van der Waals surface area (Å²) >= 11 is 11.3. The van der Waals surface area contributed by atoms with Gasteiger partial charge in [-0.3, -0.25) is 0 Å². The van der Waals surface area contributed by atoms with E-state index in [4.69, 9.17) is 28.3 Å². The van der Waals surface area contributed by atoms with Gasteiger partial charge in [0.1, 0.15) is 0 Å². The molecule has 1 rings (SSSR count). The Labute approximate surface area is 75.6 Å². The van der Waals surface area contributed by atoms with E-state index in [2.05, 4.69) is 6.07 Å². The zero-order valence-corrected chi connectivity index (χ0v) is 7.28. The highest BCUT2D eigenvalue weighted by atomic mass is 35.5. The molecule has 1 aromatic carbocycles. The molecule has 0 aliphatic heterocycles. The third kappa shape index (κ3) is 2.70. The van der Waals surface area contributed by atoms with Gasteiger partial charge in [0.05, 0.1) is 10.0 Å². The lowest BCUT2D eigenvalue weighted by molar-refractivity contribution is 0.299. The number of hydrogen-bond donors (Lipinski definition) is 1. The lowest BCUT2D eigenvalue weighted by Gasteiger charge is -1.98. The quantitative estimate of drug-likeness (QED) is 0.758. The Bertz CT molecular complexity index is 228. The fourth-order valence-electron chi connectivity index (χ4n) is 0.827. The topological polar surface area (TPSA) is 20.2 Å². The SMILES string of the molecule is OCCc1cc(Cl)[c]c(Cl)c1. The summed E-state index contributed by atoms with van der Waals surface area (Å²) in [6.07, 6.45) is 0.577. The molecule has 0 atom stereocenters. The molecule has 0 heterocycles. The minimum Gasteiger partial charge on any atom is -0.396 e. The average Bonchev–Trinajstić information content (AvgIpc) is 1.85. The van der Waals surface area contributed by atoms with Gasteiger partial charge in [-0.05, 0) is 24.1 Å². The van der Waals surface area contributed by atoms with Gasteiger partial charge in [-0.25, -0.2) is 0 Å². The van der Waals surface area contributed by atoms with Crippen LogP contribution in [-0.2, 0) is 6.42 Å². The van der Waals surface area contributed by atoms with Crippen molar-refractivity contribution in [3.63, 3.8) is 0 Å². The Morgan fingerprint density at radius 2 is 1.82 bits per heavy atom. The summed E-state index contributed by atoms with van der Waals surface area (Å²) in [5, 5.41) is 9.58. The largest absolute Gasteiger partial charge is 0.396 e. The molecule has 0 amide bonds. The summed E-state index contributed by atoms with van der Waals surface area (Å²) in [7, 11) is 0. The molecule has 59 valence electrons. The summed E-state index contributed by atoms with van der Waals surface area (Å²) < 4.78 is 0. The van der Waals surface area contributed by atoms with E-state index >= 15 is 0 Å². The van der Waals surface area contributed by atoms with Crippen molar-refractivity contribution in [2.75, 3.05) is 6.61 Å². The highest BCUT2D eigenvalue weighted by Crippen LogP contribution is 2.18. The summed E-state index contributed by atoms with van der Waals surface area (Å²) in [5.41, 5.74) is 0.932. The van der Waals surface area contributed by atoms with Crippen molar-refractivity contribution in [2.45, 2.75) is 6.42 Å². The fourth-order valence-corrected chi connectivity index (χ4v) is 1.36. The van der Waals surface area contributed by atoms with Crippen molar-refractivity contribution in [1.29, 1.82) is 0 Å². The standard InChI is InChI=1S/C8H7Cl2O/c9-7-3-6(1-2-11)4-8(10)5-7/h3-4,11H,1-2H2. The average molecular weight is 190 g/mol. The molecule has 1 aromatic rings. The Balaban J connectivity index is 2.89. The third-order valence-corrected chi connectivity index (χ3v) is 1.67. The molecule has 1 radical (unpaired) electrons. The van der Waals surface area contributed by atoms with Gasteiger partial charge in [-0.1, -0.05) is 23.2 Å². The second kappa shape index (κ2) is 3.96. The Hall–Kier alpha value is -0.240. The van der Waals surface area contributed by atoms with E-state index in [9.17, 15) is 0 Å². The molecular weight excluding hydrogens is 183 g/mol. The van der Waals surface area contributed by atoms with Gasteiger partial charge in [0.15, 0.2) is 0 Å². The number of benzene rings is 1. The van der Waals surface area contributed by atoms with Gasteiger partial charge in [-0.2, -0.15) is 0 Å². The molecule has 0 saturated heterocycles. The van der Waals surface area contributed by atoms with Crippen molar-refractivity contribution in [2.24, 2.45) is 0 Å². The van der Waals surface area contributed by atoms with E-state index in [1.54, 1.807) is 12.1 Å². The molecule has 0 saturated carbocycles. The number of rotatable bonds is 2. The third-order valence-electron chi connectivity index (χ3n) is 1.26. The molecule has 0 bridgehead atoms. The molecule has 3 heteroatoms. The molecule has 0 spiro atoms. The maximum Gasteiger partial charge on any atom is 0.0503 e. The highest BCUT2D eigenvalue weighted by Gasteiger charge is 1.97. The Morgan fingerprint density at radius 3 is 2.27 bits per heavy atom. The van der Waals surface area contributed by atoms with Gasteiger partial charge in [0.25, 0.3) is 0 Å². The maximum absolute atomic E-state index is 8.61. The van der Waals surface area contributed by atoms with E-state index in [-0.39, 0.29) is 6.61 Å². The molecule has 0 aliphatic carbocycles.